The van der Waals surface area contributed by atoms with Crippen molar-refractivity contribution in [3.05, 3.63) is 143 Å². The summed E-state index contributed by atoms with van der Waals surface area (Å²) in [5.74, 6) is 0.988. The molecule has 0 aliphatic rings. The molecule has 0 unspecified atom stereocenters. The van der Waals surface area contributed by atoms with Crippen LogP contribution < -0.4 is 4.90 Å². The quantitative estimate of drug-likeness (QED) is 0.0346. The second-order valence-electron chi connectivity index (χ2n) is 10.9. The number of para-hydroxylation sites is 1. The lowest BCUT2D eigenvalue weighted by Gasteiger charge is -2.26. The Labute approximate surface area is 276 Å². The first kappa shape index (κ1) is 33.7. The molecule has 0 radical (unpaired) electrons. The third kappa shape index (κ3) is 9.65. The molecule has 0 N–H and O–H groups in total. The average Bonchev–Trinajstić information content (AvgIpc) is 3.05. The fraction of sp³-hybridized carbons (Fsp3) is 0.205. The Morgan fingerprint density at radius 2 is 1.36 bits per heavy atom. The van der Waals surface area contributed by atoms with Crippen molar-refractivity contribution >= 4 is 57.7 Å². The molecule has 4 rings (SSSR count). The number of ketones is 2. The molecule has 0 bridgehead atoms. The van der Waals surface area contributed by atoms with Crippen molar-refractivity contribution in [1.82, 2.24) is 0 Å². The van der Waals surface area contributed by atoms with E-state index in [9.17, 15) is 9.59 Å². The van der Waals surface area contributed by atoms with Crippen molar-refractivity contribution in [1.29, 1.82) is 0 Å². The summed E-state index contributed by atoms with van der Waals surface area (Å²) < 4.78 is 0. The summed E-state index contributed by atoms with van der Waals surface area (Å²) in [6.07, 6.45) is 5.46. The molecule has 0 aromatic heterocycles. The Hall–Kier alpha value is -4.19. The zero-order valence-corrected chi connectivity index (χ0v) is 27.9. The Kier molecular flexibility index (Phi) is 12.6. The number of benzene rings is 4. The molecule has 0 saturated heterocycles. The number of hydrogen-bond acceptors (Lipinski definition) is 5. The van der Waals surface area contributed by atoms with Crippen molar-refractivity contribution in [2.75, 3.05) is 17.2 Å². The van der Waals surface area contributed by atoms with E-state index < -0.39 is 0 Å². The molecule has 4 aromatic carbocycles. The van der Waals surface area contributed by atoms with Crippen molar-refractivity contribution in [2.24, 2.45) is 4.99 Å². The summed E-state index contributed by atoms with van der Waals surface area (Å²) in [6.45, 7) is 7.57. The number of rotatable bonds is 14. The van der Waals surface area contributed by atoms with Crippen molar-refractivity contribution in [3.63, 3.8) is 0 Å². The van der Waals surface area contributed by atoms with Crippen LogP contribution in [0.5, 0.6) is 0 Å². The van der Waals surface area contributed by atoms with E-state index in [1.165, 1.54) is 4.90 Å². The van der Waals surface area contributed by atoms with Gasteiger partial charge in [-0.2, -0.15) is 0 Å². The topological polar surface area (TPSA) is 49.7 Å². The van der Waals surface area contributed by atoms with E-state index in [1.54, 1.807) is 18.7 Å². The zero-order chi connectivity index (χ0) is 32.2. The van der Waals surface area contributed by atoms with Crippen molar-refractivity contribution in [3.8, 4) is 0 Å². The Bertz CT molecular complexity index is 1670. The van der Waals surface area contributed by atoms with Crippen molar-refractivity contribution in [2.45, 2.75) is 45.4 Å². The number of nitrogens with zero attached hydrogens (tertiary/aromatic N) is 2. The van der Waals surface area contributed by atoms with Crippen LogP contribution in [-0.4, -0.2) is 29.6 Å². The molecular formula is C39H39ClN2O2S. The molecule has 0 atom stereocenters. The zero-order valence-electron chi connectivity index (χ0n) is 26.3. The van der Waals surface area contributed by atoms with Crippen LogP contribution in [0.3, 0.4) is 0 Å². The lowest BCUT2D eigenvalue weighted by molar-refractivity contribution is -0.115. The molecule has 4 nitrogen and oxygen atoms in total. The number of carbonyl (C=O) groups excluding carboxylic acids is 2. The number of thioether (sulfide) groups is 1. The molecule has 0 saturated carbocycles. The van der Waals surface area contributed by atoms with Gasteiger partial charge in [0, 0.05) is 43.8 Å². The Morgan fingerprint density at radius 3 is 1.91 bits per heavy atom. The molecule has 0 aliphatic carbocycles. The van der Waals surface area contributed by atoms with Crippen LogP contribution in [-0.2, 0) is 4.79 Å². The predicted molar refractivity (Wildman–Crippen MR) is 192 cm³/mol. The fourth-order valence-corrected chi connectivity index (χ4v) is 5.84. The minimum absolute atomic E-state index is 0.0132. The summed E-state index contributed by atoms with van der Waals surface area (Å²) in [5, 5.41) is 0.734. The first-order chi connectivity index (χ1) is 21.8. The van der Waals surface area contributed by atoms with Gasteiger partial charge in [0.2, 0.25) is 0 Å². The third-order valence-electron chi connectivity index (χ3n) is 7.11. The van der Waals surface area contributed by atoms with E-state index in [-0.39, 0.29) is 18.1 Å². The van der Waals surface area contributed by atoms with E-state index in [2.05, 4.69) is 41.3 Å². The third-order valence-corrected chi connectivity index (χ3v) is 8.46. The Balaban J connectivity index is 1.57. The number of anilines is 3. The lowest BCUT2D eigenvalue weighted by Crippen LogP contribution is -2.11. The smallest absolute Gasteiger partial charge is 0.192 e. The van der Waals surface area contributed by atoms with Gasteiger partial charge in [0.1, 0.15) is 0 Å². The van der Waals surface area contributed by atoms with Crippen LogP contribution in [0.15, 0.2) is 136 Å². The number of aliphatic imine (C=N–C) groups is 1. The van der Waals surface area contributed by atoms with E-state index in [1.807, 2.05) is 99.7 Å². The summed E-state index contributed by atoms with van der Waals surface area (Å²) in [5.41, 5.74) is 7.21. The normalized spacial score (nSPS) is 11.4. The van der Waals surface area contributed by atoms with E-state index in [0.29, 0.717) is 11.1 Å². The molecule has 0 aliphatic heterocycles. The van der Waals surface area contributed by atoms with Crippen LogP contribution in [0.4, 0.5) is 17.1 Å². The van der Waals surface area contributed by atoms with Gasteiger partial charge in [-0.05, 0) is 125 Å². The minimum atomic E-state index is 0.0132. The van der Waals surface area contributed by atoms with Gasteiger partial charge in [-0.15, -0.1) is 11.8 Å². The summed E-state index contributed by atoms with van der Waals surface area (Å²) in [7, 11) is 0. The Morgan fingerprint density at radius 1 is 0.778 bits per heavy atom. The largest absolute Gasteiger partial charge is 0.311 e. The van der Waals surface area contributed by atoms with Crippen LogP contribution in [0.25, 0.3) is 0 Å². The number of allylic oxidation sites excluding steroid dienone is 4. The van der Waals surface area contributed by atoms with Crippen LogP contribution in [0.1, 0.15) is 56.5 Å². The number of carbonyl (C=O) groups is 2. The van der Waals surface area contributed by atoms with Gasteiger partial charge < -0.3 is 4.90 Å². The maximum atomic E-state index is 13.2. The molecule has 0 amide bonds. The van der Waals surface area contributed by atoms with E-state index in [4.69, 9.17) is 16.6 Å². The predicted octanol–water partition coefficient (Wildman–Crippen LogP) is 10.9. The highest BCUT2D eigenvalue weighted by molar-refractivity contribution is 7.99. The lowest BCUT2D eigenvalue weighted by atomic mass is 9.99. The second-order valence-corrected chi connectivity index (χ2v) is 12.5. The molecule has 6 heteroatoms. The van der Waals surface area contributed by atoms with Gasteiger partial charge >= 0.3 is 0 Å². The SMILES string of the molecule is C/C=C\C(C(=O)c1ccc(N(c2ccccc2)c2ccc(/C(CCCSc3ccc(Cl)cc3)=N/CC(C)=O)cc2)cc1)=C(C)C. The summed E-state index contributed by atoms with van der Waals surface area (Å²) in [4.78, 5) is 33.0. The number of hydrogen-bond donors (Lipinski definition) is 0. The van der Waals surface area contributed by atoms with Gasteiger partial charge in [0.15, 0.2) is 11.6 Å². The van der Waals surface area contributed by atoms with Gasteiger partial charge in [-0.3, -0.25) is 14.6 Å². The molecular weight excluding hydrogens is 596 g/mol. The van der Waals surface area contributed by atoms with Gasteiger partial charge in [-0.1, -0.05) is 59.7 Å². The first-order valence-electron chi connectivity index (χ1n) is 15.1. The van der Waals surface area contributed by atoms with E-state index >= 15 is 0 Å². The average molecular weight is 635 g/mol. The molecule has 0 spiro atoms. The van der Waals surface area contributed by atoms with Gasteiger partial charge in [-0.25, -0.2) is 0 Å². The molecule has 0 fully saturated rings. The van der Waals surface area contributed by atoms with Gasteiger partial charge in [0.25, 0.3) is 0 Å². The highest BCUT2D eigenvalue weighted by Crippen LogP contribution is 2.35. The maximum absolute atomic E-state index is 13.2. The highest BCUT2D eigenvalue weighted by Gasteiger charge is 2.16. The fourth-order valence-electron chi connectivity index (χ4n) is 4.86. The monoisotopic (exact) mass is 634 g/mol. The highest BCUT2D eigenvalue weighted by atomic mass is 35.5. The number of Topliss-reactive ketones (excluding diaryl/α,β-unsaturated/α-hetero) is 2. The second kappa shape index (κ2) is 16.8. The molecule has 0 heterocycles. The van der Waals surface area contributed by atoms with Crippen LogP contribution in [0.2, 0.25) is 5.02 Å². The molecule has 4 aromatic rings. The number of halogens is 1. The maximum Gasteiger partial charge on any atom is 0.192 e. The summed E-state index contributed by atoms with van der Waals surface area (Å²) in [6, 6.07) is 34.1. The van der Waals surface area contributed by atoms with Crippen LogP contribution in [0, 0.1) is 0 Å². The standard InChI is InChI=1S/C39H39ClN2O2S/c1-5-10-37(28(2)3)39(44)31-16-22-35(23-17-31)42(33-11-7-6-8-12-33)34-20-14-30(15-21-34)38(41-27-29(4)43)13-9-26-45-36-24-18-32(40)19-25-36/h5-8,10-12,14-25H,9,13,26-27H2,1-4H3/b10-5-,41-38+. The first-order valence-corrected chi connectivity index (χ1v) is 16.4. The minimum Gasteiger partial charge on any atom is -0.311 e. The molecule has 230 valence electrons. The molecule has 45 heavy (non-hydrogen) atoms. The van der Waals surface area contributed by atoms with Crippen LogP contribution >= 0.6 is 23.4 Å². The summed E-state index contributed by atoms with van der Waals surface area (Å²) >= 11 is 7.80. The van der Waals surface area contributed by atoms with Gasteiger partial charge in [0.05, 0.1) is 6.54 Å². The van der Waals surface area contributed by atoms with E-state index in [0.717, 1.165) is 57.5 Å². The van der Waals surface area contributed by atoms with Crippen molar-refractivity contribution < 1.29 is 9.59 Å².